The molecule has 0 radical (unpaired) electrons. The highest BCUT2D eigenvalue weighted by molar-refractivity contribution is 6.34. The van der Waals surface area contributed by atoms with E-state index >= 15 is 0 Å². The van der Waals surface area contributed by atoms with Crippen molar-refractivity contribution in [3.8, 4) is 0 Å². The van der Waals surface area contributed by atoms with Gasteiger partial charge in [0.15, 0.2) is 6.29 Å². The number of benzene rings is 1. The maximum absolute atomic E-state index is 10.6. The molecule has 0 aliphatic rings. The number of hydrogen-bond acceptors (Lipinski definition) is 3. The van der Waals surface area contributed by atoms with Crippen molar-refractivity contribution >= 4 is 29.5 Å². The number of carboxylic acids is 1. The van der Waals surface area contributed by atoms with Gasteiger partial charge in [0.25, 0.3) is 0 Å². The van der Waals surface area contributed by atoms with Crippen LogP contribution in [0.25, 0.3) is 0 Å². The Balaban J connectivity index is 3.47. The van der Waals surface area contributed by atoms with Gasteiger partial charge in [-0.3, -0.25) is 4.79 Å². The second-order valence-electron chi connectivity index (χ2n) is 2.39. The molecule has 0 aliphatic heterocycles. The maximum Gasteiger partial charge on any atom is 0.337 e. The third-order valence-electron chi connectivity index (χ3n) is 1.48. The van der Waals surface area contributed by atoms with Crippen LogP contribution in [-0.4, -0.2) is 17.4 Å². The van der Waals surface area contributed by atoms with Gasteiger partial charge in [-0.05, 0) is 12.1 Å². The largest absolute Gasteiger partial charge is 0.478 e. The molecule has 0 heterocycles. The number of carboxylic acid groups (broad SMARTS) is 1. The summed E-state index contributed by atoms with van der Waals surface area (Å²) < 4.78 is 0. The van der Waals surface area contributed by atoms with Crippen LogP contribution >= 0.6 is 11.6 Å². The highest BCUT2D eigenvalue weighted by atomic mass is 35.5. The Labute approximate surface area is 78.9 Å². The van der Waals surface area contributed by atoms with Crippen molar-refractivity contribution in [3.05, 3.63) is 28.3 Å². The maximum atomic E-state index is 10.6. The zero-order chi connectivity index (χ0) is 10.0. The fourth-order valence-electron chi connectivity index (χ4n) is 0.968. The summed E-state index contributed by atoms with van der Waals surface area (Å²) in [6, 6.07) is 2.56. The minimum absolute atomic E-state index is 0.0162. The van der Waals surface area contributed by atoms with E-state index in [1.165, 1.54) is 12.1 Å². The van der Waals surface area contributed by atoms with Crippen LogP contribution in [-0.2, 0) is 0 Å². The summed E-state index contributed by atoms with van der Waals surface area (Å²) in [5, 5.41) is 8.65. The van der Waals surface area contributed by atoms with Crippen molar-refractivity contribution in [1.82, 2.24) is 0 Å². The van der Waals surface area contributed by atoms with Crippen LogP contribution in [0.2, 0.25) is 5.02 Å². The topological polar surface area (TPSA) is 80.4 Å². The Morgan fingerprint density at radius 2 is 2.15 bits per heavy atom. The molecule has 0 amide bonds. The van der Waals surface area contributed by atoms with Crippen LogP contribution in [0.4, 0.5) is 5.69 Å². The summed E-state index contributed by atoms with van der Waals surface area (Å²) >= 11 is 5.59. The number of halogens is 1. The van der Waals surface area contributed by atoms with Crippen molar-refractivity contribution in [2.24, 2.45) is 0 Å². The van der Waals surface area contributed by atoms with Gasteiger partial charge >= 0.3 is 5.97 Å². The van der Waals surface area contributed by atoms with E-state index in [1.54, 1.807) is 0 Å². The van der Waals surface area contributed by atoms with Crippen molar-refractivity contribution in [1.29, 1.82) is 0 Å². The number of aromatic carboxylic acids is 1. The second kappa shape index (κ2) is 3.45. The molecule has 0 bridgehead atoms. The molecule has 0 saturated heterocycles. The van der Waals surface area contributed by atoms with E-state index in [0.29, 0.717) is 6.29 Å². The minimum atomic E-state index is -1.24. The first kappa shape index (κ1) is 9.54. The zero-order valence-corrected chi connectivity index (χ0v) is 7.21. The van der Waals surface area contributed by atoms with Gasteiger partial charge in [-0.2, -0.15) is 0 Å². The van der Waals surface area contributed by atoms with Gasteiger partial charge in [0, 0.05) is 11.3 Å². The minimum Gasteiger partial charge on any atom is -0.478 e. The number of rotatable bonds is 2. The molecule has 68 valence electrons. The zero-order valence-electron chi connectivity index (χ0n) is 6.45. The smallest absolute Gasteiger partial charge is 0.337 e. The highest BCUT2D eigenvalue weighted by Gasteiger charge is 2.14. The molecule has 0 fully saturated rings. The van der Waals surface area contributed by atoms with E-state index in [2.05, 4.69) is 0 Å². The van der Waals surface area contributed by atoms with Crippen LogP contribution < -0.4 is 5.73 Å². The van der Waals surface area contributed by atoms with Gasteiger partial charge in [0.1, 0.15) is 0 Å². The van der Waals surface area contributed by atoms with Crippen LogP contribution in [0.5, 0.6) is 0 Å². The second-order valence-corrected chi connectivity index (χ2v) is 2.80. The van der Waals surface area contributed by atoms with Crippen molar-refractivity contribution in [2.45, 2.75) is 0 Å². The molecule has 0 unspecified atom stereocenters. The number of nitrogen functional groups attached to an aromatic ring is 1. The first-order valence-corrected chi connectivity index (χ1v) is 3.71. The molecule has 5 heteroatoms. The number of carbonyl (C=O) groups is 2. The molecule has 13 heavy (non-hydrogen) atoms. The predicted molar refractivity (Wildman–Crippen MR) is 48.2 cm³/mol. The number of anilines is 1. The average Bonchev–Trinajstić information content (AvgIpc) is 2.01. The lowest BCUT2D eigenvalue weighted by Gasteiger charge is -2.03. The monoisotopic (exact) mass is 199 g/mol. The Hall–Kier alpha value is -1.55. The van der Waals surface area contributed by atoms with E-state index in [4.69, 9.17) is 22.4 Å². The van der Waals surface area contributed by atoms with Crippen LogP contribution in [0.1, 0.15) is 20.7 Å². The molecular formula is C8H6ClNO3. The molecule has 1 aromatic rings. The molecule has 0 aliphatic carbocycles. The fourth-order valence-corrected chi connectivity index (χ4v) is 1.28. The molecular weight excluding hydrogens is 194 g/mol. The van der Waals surface area contributed by atoms with E-state index in [9.17, 15) is 9.59 Å². The van der Waals surface area contributed by atoms with Gasteiger partial charge in [0.05, 0.1) is 10.6 Å². The SMILES string of the molecule is Nc1cc(Cl)c(C(=O)O)c(C=O)c1. The highest BCUT2D eigenvalue weighted by Crippen LogP contribution is 2.22. The Kier molecular flexibility index (Phi) is 2.53. The van der Waals surface area contributed by atoms with E-state index in [0.717, 1.165) is 0 Å². The molecule has 1 aromatic carbocycles. The Morgan fingerprint density at radius 3 is 2.62 bits per heavy atom. The summed E-state index contributed by atoms with van der Waals surface area (Å²) in [6.45, 7) is 0. The number of nitrogens with two attached hydrogens (primary N) is 1. The quantitative estimate of drug-likeness (QED) is 0.558. The molecule has 3 N–H and O–H groups in total. The van der Waals surface area contributed by atoms with Crippen molar-refractivity contribution < 1.29 is 14.7 Å². The fraction of sp³-hybridized carbons (Fsp3) is 0. The molecule has 1 rings (SSSR count). The van der Waals surface area contributed by atoms with Gasteiger partial charge in [-0.25, -0.2) is 4.79 Å². The first-order chi connectivity index (χ1) is 6.06. The Bertz CT molecular complexity index is 376. The third kappa shape index (κ3) is 1.78. The lowest BCUT2D eigenvalue weighted by Crippen LogP contribution is -2.04. The van der Waals surface area contributed by atoms with Gasteiger partial charge in [-0.1, -0.05) is 11.6 Å². The summed E-state index contributed by atoms with van der Waals surface area (Å²) in [6.07, 6.45) is 0.408. The molecule has 0 spiro atoms. The third-order valence-corrected chi connectivity index (χ3v) is 1.78. The average molecular weight is 200 g/mol. The van der Waals surface area contributed by atoms with Crippen LogP contribution in [0, 0.1) is 0 Å². The number of carbonyl (C=O) groups excluding carboxylic acids is 1. The lowest BCUT2D eigenvalue weighted by atomic mass is 10.1. The first-order valence-electron chi connectivity index (χ1n) is 3.33. The van der Waals surface area contributed by atoms with Crippen molar-refractivity contribution in [3.63, 3.8) is 0 Å². The normalized spacial score (nSPS) is 9.62. The van der Waals surface area contributed by atoms with Gasteiger partial charge in [0.2, 0.25) is 0 Å². The lowest BCUT2D eigenvalue weighted by molar-refractivity contribution is 0.0694. The summed E-state index contributed by atoms with van der Waals surface area (Å²) in [5.41, 5.74) is 5.40. The summed E-state index contributed by atoms with van der Waals surface area (Å²) in [4.78, 5) is 21.1. The standard InChI is InChI=1S/C8H6ClNO3/c9-6-2-5(10)1-4(3-11)7(6)8(12)13/h1-3H,10H2,(H,12,13). The molecule has 0 aromatic heterocycles. The summed E-state index contributed by atoms with van der Waals surface area (Å²) in [5.74, 6) is -1.24. The molecule has 0 atom stereocenters. The Morgan fingerprint density at radius 1 is 1.54 bits per heavy atom. The van der Waals surface area contributed by atoms with Crippen LogP contribution in [0.3, 0.4) is 0 Å². The van der Waals surface area contributed by atoms with Crippen LogP contribution in [0.15, 0.2) is 12.1 Å². The predicted octanol–water partition coefficient (Wildman–Crippen LogP) is 1.43. The van der Waals surface area contributed by atoms with Gasteiger partial charge < -0.3 is 10.8 Å². The van der Waals surface area contributed by atoms with E-state index in [-0.39, 0.29) is 21.8 Å². The molecule has 4 nitrogen and oxygen atoms in total. The molecule has 0 saturated carbocycles. The van der Waals surface area contributed by atoms with Gasteiger partial charge in [-0.15, -0.1) is 0 Å². The summed E-state index contributed by atoms with van der Waals surface area (Å²) in [7, 11) is 0. The van der Waals surface area contributed by atoms with E-state index < -0.39 is 5.97 Å². The van der Waals surface area contributed by atoms with E-state index in [1.807, 2.05) is 0 Å². The number of aldehydes is 1. The van der Waals surface area contributed by atoms with Crippen molar-refractivity contribution in [2.75, 3.05) is 5.73 Å². The number of hydrogen-bond donors (Lipinski definition) is 2.